The highest BCUT2D eigenvalue weighted by Crippen LogP contribution is 2.22. The van der Waals surface area contributed by atoms with E-state index in [2.05, 4.69) is 27.5 Å². The fraction of sp³-hybridized carbons (Fsp3) is 0.462. The Morgan fingerprint density at radius 1 is 1.39 bits per heavy atom. The first-order chi connectivity index (χ1) is 8.66. The van der Waals surface area contributed by atoms with Crippen LogP contribution in [0, 0.1) is 3.57 Å². The average molecular weight is 361 g/mol. The predicted octanol–water partition coefficient (Wildman–Crippen LogP) is 2.46. The lowest BCUT2D eigenvalue weighted by molar-refractivity contribution is 0.0696. The van der Waals surface area contributed by atoms with Crippen LogP contribution in [-0.2, 0) is 0 Å². The summed E-state index contributed by atoms with van der Waals surface area (Å²) in [5.74, 6) is -0.259. The van der Waals surface area contributed by atoms with Crippen LogP contribution in [0.5, 0.6) is 5.75 Å². The third kappa shape index (κ3) is 3.58. The fourth-order valence-corrected chi connectivity index (χ4v) is 2.53. The summed E-state index contributed by atoms with van der Waals surface area (Å²) in [7, 11) is 0. The van der Waals surface area contributed by atoms with Gasteiger partial charge in [-0.05, 0) is 66.7 Å². The average Bonchev–Trinajstić information content (AvgIpc) is 2.84. The van der Waals surface area contributed by atoms with Crippen molar-refractivity contribution in [3.05, 3.63) is 27.3 Å². The standard InChI is InChI=1S/C13H16INO3/c14-11-4-3-10(13(16)17)9-12(11)18-8-7-15-5-1-2-6-15/h3-4,9H,1-2,5-8H2,(H,16,17). The zero-order valence-electron chi connectivity index (χ0n) is 10.1. The predicted molar refractivity (Wildman–Crippen MR) is 77.3 cm³/mol. The lowest BCUT2D eigenvalue weighted by Gasteiger charge is -2.15. The molecule has 1 N–H and O–H groups in total. The van der Waals surface area contributed by atoms with Crippen LogP contribution in [0.4, 0.5) is 0 Å². The van der Waals surface area contributed by atoms with Crippen LogP contribution in [0.2, 0.25) is 0 Å². The van der Waals surface area contributed by atoms with Crippen molar-refractivity contribution in [2.75, 3.05) is 26.2 Å². The molecule has 1 aliphatic heterocycles. The lowest BCUT2D eigenvalue weighted by atomic mass is 10.2. The second-order valence-electron chi connectivity index (χ2n) is 4.35. The Morgan fingerprint density at radius 3 is 2.78 bits per heavy atom. The first-order valence-corrected chi connectivity index (χ1v) is 7.12. The van der Waals surface area contributed by atoms with Crippen molar-refractivity contribution >= 4 is 28.6 Å². The number of benzene rings is 1. The Morgan fingerprint density at radius 2 is 2.11 bits per heavy atom. The van der Waals surface area contributed by atoms with Crippen molar-refractivity contribution in [1.82, 2.24) is 4.90 Å². The monoisotopic (exact) mass is 361 g/mol. The van der Waals surface area contributed by atoms with Gasteiger partial charge in [-0.1, -0.05) is 0 Å². The largest absolute Gasteiger partial charge is 0.491 e. The van der Waals surface area contributed by atoms with Gasteiger partial charge >= 0.3 is 5.97 Å². The number of likely N-dealkylation sites (tertiary alicyclic amines) is 1. The van der Waals surface area contributed by atoms with Crippen LogP contribution in [0.25, 0.3) is 0 Å². The molecule has 0 radical (unpaired) electrons. The highest BCUT2D eigenvalue weighted by Gasteiger charge is 2.12. The Balaban J connectivity index is 1.91. The van der Waals surface area contributed by atoms with Crippen molar-refractivity contribution in [3.63, 3.8) is 0 Å². The summed E-state index contributed by atoms with van der Waals surface area (Å²) in [6.45, 7) is 3.82. The third-order valence-electron chi connectivity index (χ3n) is 3.04. The van der Waals surface area contributed by atoms with Crippen molar-refractivity contribution in [1.29, 1.82) is 0 Å². The molecule has 18 heavy (non-hydrogen) atoms. The van der Waals surface area contributed by atoms with E-state index in [1.165, 1.54) is 12.8 Å². The molecule has 1 aromatic rings. The fourth-order valence-electron chi connectivity index (χ4n) is 2.04. The molecule has 98 valence electrons. The van der Waals surface area contributed by atoms with Gasteiger partial charge in [0.15, 0.2) is 0 Å². The zero-order valence-corrected chi connectivity index (χ0v) is 12.2. The summed E-state index contributed by atoms with van der Waals surface area (Å²) < 4.78 is 6.62. The first-order valence-electron chi connectivity index (χ1n) is 6.05. The molecule has 1 aromatic carbocycles. The van der Waals surface area contributed by atoms with E-state index < -0.39 is 5.97 Å². The van der Waals surface area contributed by atoms with Gasteiger partial charge in [-0.2, -0.15) is 0 Å². The van der Waals surface area contributed by atoms with Crippen LogP contribution < -0.4 is 4.74 Å². The van der Waals surface area contributed by atoms with E-state index in [-0.39, 0.29) is 5.56 Å². The van der Waals surface area contributed by atoms with Gasteiger partial charge < -0.3 is 9.84 Å². The molecule has 5 heteroatoms. The van der Waals surface area contributed by atoms with Crippen molar-refractivity contribution in [2.24, 2.45) is 0 Å². The number of rotatable bonds is 5. The van der Waals surface area contributed by atoms with Gasteiger partial charge in [0.05, 0.1) is 9.13 Å². The number of carboxylic acids is 1. The molecule has 2 rings (SSSR count). The number of aromatic carboxylic acids is 1. The van der Waals surface area contributed by atoms with Crippen LogP contribution in [0.15, 0.2) is 18.2 Å². The topological polar surface area (TPSA) is 49.8 Å². The molecule has 0 saturated carbocycles. The molecule has 0 amide bonds. The van der Waals surface area contributed by atoms with Gasteiger partial charge in [-0.15, -0.1) is 0 Å². The van der Waals surface area contributed by atoms with Gasteiger partial charge in [-0.3, -0.25) is 4.90 Å². The van der Waals surface area contributed by atoms with E-state index in [9.17, 15) is 4.79 Å². The molecule has 0 unspecified atom stereocenters. The van der Waals surface area contributed by atoms with Gasteiger partial charge in [0, 0.05) is 6.54 Å². The maximum Gasteiger partial charge on any atom is 0.335 e. The van der Waals surface area contributed by atoms with E-state index in [4.69, 9.17) is 9.84 Å². The number of carbonyl (C=O) groups is 1. The van der Waals surface area contributed by atoms with Gasteiger partial charge in [-0.25, -0.2) is 4.79 Å². The molecule has 1 aliphatic rings. The summed E-state index contributed by atoms with van der Waals surface area (Å²) in [5, 5.41) is 8.93. The summed E-state index contributed by atoms with van der Waals surface area (Å²) in [5.41, 5.74) is 0.270. The minimum absolute atomic E-state index is 0.270. The Hall–Kier alpha value is -0.820. The minimum atomic E-state index is -0.921. The molecule has 4 nitrogen and oxygen atoms in total. The summed E-state index contributed by atoms with van der Waals surface area (Å²) in [4.78, 5) is 13.3. The maximum atomic E-state index is 10.9. The molecule has 1 fully saturated rings. The molecular formula is C13H16INO3. The maximum absolute atomic E-state index is 10.9. The summed E-state index contributed by atoms with van der Waals surface area (Å²) >= 11 is 2.16. The molecule has 1 heterocycles. The quantitative estimate of drug-likeness (QED) is 0.819. The van der Waals surface area contributed by atoms with E-state index in [1.54, 1.807) is 18.2 Å². The van der Waals surface area contributed by atoms with Crippen molar-refractivity contribution in [2.45, 2.75) is 12.8 Å². The lowest BCUT2D eigenvalue weighted by Crippen LogP contribution is -2.25. The molecular weight excluding hydrogens is 345 g/mol. The van der Waals surface area contributed by atoms with Crippen LogP contribution in [0.3, 0.4) is 0 Å². The van der Waals surface area contributed by atoms with Gasteiger partial charge in [0.2, 0.25) is 0 Å². The van der Waals surface area contributed by atoms with Gasteiger partial charge in [0.25, 0.3) is 0 Å². The number of carboxylic acid groups (broad SMARTS) is 1. The molecule has 0 bridgehead atoms. The molecule has 0 atom stereocenters. The third-order valence-corrected chi connectivity index (χ3v) is 3.93. The SMILES string of the molecule is O=C(O)c1ccc(I)c(OCCN2CCCC2)c1. The smallest absolute Gasteiger partial charge is 0.335 e. The number of hydrogen-bond donors (Lipinski definition) is 1. The number of ether oxygens (including phenoxy) is 1. The molecule has 0 aromatic heterocycles. The van der Waals surface area contributed by atoms with Crippen molar-refractivity contribution < 1.29 is 14.6 Å². The molecule has 0 spiro atoms. The first kappa shape index (κ1) is 13.6. The zero-order chi connectivity index (χ0) is 13.0. The van der Waals surface area contributed by atoms with Crippen LogP contribution >= 0.6 is 22.6 Å². The second-order valence-corrected chi connectivity index (χ2v) is 5.51. The molecule has 0 aliphatic carbocycles. The highest BCUT2D eigenvalue weighted by atomic mass is 127. The second kappa shape index (κ2) is 6.38. The van der Waals surface area contributed by atoms with E-state index in [1.807, 2.05) is 0 Å². The Bertz CT molecular complexity index is 430. The Kier molecular flexibility index (Phi) is 4.82. The van der Waals surface area contributed by atoms with Crippen LogP contribution in [-0.4, -0.2) is 42.2 Å². The van der Waals surface area contributed by atoms with E-state index >= 15 is 0 Å². The van der Waals surface area contributed by atoms with Crippen molar-refractivity contribution in [3.8, 4) is 5.75 Å². The van der Waals surface area contributed by atoms with Gasteiger partial charge in [0.1, 0.15) is 12.4 Å². The normalized spacial score (nSPS) is 15.8. The summed E-state index contributed by atoms with van der Waals surface area (Å²) in [6, 6.07) is 4.96. The van der Waals surface area contributed by atoms with E-state index in [0.29, 0.717) is 12.4 Å². The number of hydrogen-bond acceptors (Lipinski definition) is 3. The number of nitrogens with zero attached hydrogens (tertiary/aromatic N) is 1. The number of halogens is 1. The van der Waals surface area contributed by atoms with Crippen LogP contribution in [0.1, 0.15) is 23.2 Å². The highest BCUT2D eigenvalue weighted by molar-refractivity contribution is 14.1. The van der Waals surface area contributed by atoms with E-state index in [0.717, 1.165) is 23.2 Å². The molecule has 1 saturated heterocycles. The summed E-state index contributed by atoms with van der Waals surface area (Å²) in [6.07, 6.45) is 2.54. The minimum Gasteiger partial charge on any atom is -0.491 e. The Labute approximate surface area is 120 Å².